The molecule has 1 N–H and O–H groups in total. The van der Waals surface area contributed by atoms with Crippen LogP contribution >= 0.6 is 0 Å². The molecule has 0 aliphatic rings. The highest BCUT2D eigenvalue weighted by atomic mass is 19.2. The summed E-state index contributed by atoms with van der Waals surface area (Å²) in [5, 5.41) is 14.0. The fourth-order valence-corrected chi connectivity index (χ4v) is 2.46. The zero-order valence-corrected chi connectivity index (χ0v) is 15.2. The van der Waals surface area contributed by atoms with Crippen LogP contribution in [0.4, 0.5) is 8.78 Å². The van der Waals surface area contributed by atoms with Gasteiger partial charge in [0.25, 0.3) is 5.91 Å². The van der Waals surface area contributed by atoms with E-state index in [0.29, 0.717) is 22.4 Å². The van der Waals surface area contributed by atoms with Gasteiger partial charge in [0.1, 0.15) is 6.33 Å². The summed E-state index contributed by atoms with van der Waals surface area (Å²) in [6.07, 6.45) is 2.14. The maximum atomic E-state index is 13.7. The summed E-state index contributed by atoms with van der Waals surface area (Å²) in [6, 6.07) is 8.56. The SMILES string of the molecule is CCC(C)(C)NC(=O)c1cc(-c2ccc(F)c(F)c2)cc(-n2cnnn2)c1. The smallest absolute Gasteiger partial charge is 0.251 e. The van der Waals surface area contributed by atoms with E-state index < -0.39 is 11.6 Å². The van der Waals surface area contributed by atoms with Crippen LogP contribution in [0, 0.1) is 11.6 Å². The number of nitrogens with one attached hydrogen (secondary N) is 1. The van der Waals surface area contributed by atoms with E-state index in [0.717, 1.165) is 18.6 Å². The van der Waals surface area contributed by atoms with Gasteiger partial charge in [0.2, 0.25) is 0 Å². The second-order valence-corrected chi connectivity index (χ2v) is 6.84. The van der Waals surface area contributed by atoms with Crippen molar-refractivity contribution in [2.75, 3.05) is 0 Å². The Morgan fingerprint density at radius 1 is 1.11 bits per heavy atom. The normalized spacial score (nSPS) is 11.4. The van der Waals surface area contributed by atoms with Crippen molar-refractivity contribution in [3.05, 3.63) is 59.9 Å². The molecule has 3 aromatic rings. The monoisotopic (exact) mass is 371 g/mol. The van der Waals surface area contributed by atoms with Crippen LogP contribution in [0.15, 0.2) is 42.7 Å². The number of aromatic nitrogens is 4. The highest BCUT2D eigenvalue weighted by Crippen LogP contribution is 2.26. The van der Waals surface area contributed by atoms with Gasteiger partial charge in [-0.2, -0.15) is 0 Å². The third-order valence-electron chi connectivity index (χ3n) is 4.38. The predicted octanol–water partition coefficient (Wildman–Crippen LogP) is 3.53. The molecule has 1 heterocycles. The minimum absolute atomic E-state index is 0.277. The Morgan fingerprint density at radius 2 is 1.89 bits per heavy atom. The molecular weight excluding hydrogens is 352 g/mol. The van der Waals surface area contributed by atoms with Crippen LogP contribution in [0.25, 0.3) is 16.8 Å². The molecule has 0 saturated heterocycles. The van der Waals surface area contributed by atoms with Crippen molar-refractivity contribution in [1.82, 2.24) is 25.5 Å². The number of rotatable bonds is 5. The molecule has 1 amide bonds. The first kappa shape index (κ1) is 18.6. The quantitative estimate of drug-likeness (QED) is 0.745. The Morgan fingerprint density at radius 3 is 2.52 bits per heavy atom. The van der Waals surface area contributed by atoms with Crippen molar-refractivity contribution in [1.29, 1.82) is 0 Å². The number of hydrogen-bond donors (Lipinski definition) is 1. The third-order valence-corrected chi connectivity index (χ3v) is 4.38. The summed E-state index contributed by atoms with van der Waals surface area (Å²) in [7, 11) is 0. The maximum Gasteiger partial charge on any atom is 0.251 e. The summed E-state index contributed by atoms with van der Waals surface area (Å²) in [5.41, 5.74) is 1.49. The van der Waals surface area contributed by atoms with Crippen molar-refractivity contribution in [3.63, 3.8) is 0 Å². The first-order chi connectivity index (χ1) is 12.8. The molecule has 0 aliphatic heterocycles. The van der Waals surface area contributed by atoms with Gasteiger partial charge in [0.15, 0.2) is 11.6 Å². The van der Waals surface area contributed by atoms with Gasteiger partial charge < -0.3 is 5.32 Å². The summed E-state index contributed by atoms with van der Waals surface area (Å²) in [5.74, 6) is -2.17. The molecule has 0 saturated carbocycles. The third kappa shape index (κ3) is 4.16. The van der Waals surface area contributed by atoms with E-state index in [1.54, 1.807) is 18.2 Å². The lowest BCUT2D eigenvalue weighted by Crippen LogP contribution is -2.42. The summed E-state index contributed by atoms with van der Waals surface area (Å²) in [6.45, 7) is 5.82. The Hall–Kier alpha value is -3.16. The Kier molecular flexibility index (Phi) is 4.98. The second kappa shape index (κ2) is 7.22. The minimum atomic E-state index is -0.960. The molecule has 0 spiro atoms. The Labute approximate surface area is 155 Å². The van der Waals surface area contributed by atoms with Crippen LogP contribution in [0.1, 0.15) is 37.6 Å². The average Bonchev–Trinajstić information content (AvgIpc) is 3.18. The number of nitrogens with zero attached hydrogens (tertiary/aromatic N) is 4. The predicted molar refractivity (Wildman–Crippen MR) is 96.3 cm³/mol. The Balaban J connectivity index is 2.09. The van der Waals surface area contributed by atoms with Crippen molar-refractivity contribution >= 4 is 5.91 Å². The molecule has 0 unspecified atom stereocenters. The van der Waals surface area contributed by atoms with Crippen molar-refractivity contribution in [3.8, 4) is 16.8 Å². The average molecular weight is 371 g/mol. The molecule has 0 aliphatic carbocycles. The summed E-state index contributed by atoms with van der Waals surface area (Å²) in [4.78, 5) is 12.7. The number of carbonyl (C=O) groups excluding carboxylic acids is 1. The van der Waals surface area contributed by atoms with Gasteiger partial charge in [0.05, 0.1) is 5.69 Å². The van der Waals surface area contributed by atoms with Crippen molar-refractivity contribution < 1.29 is 13.6 Å². The first-order valence-corrected chi connectivity index (χ1v) is 8.45. The van der Waals surface area contributed by atoms with Gasteiger partial charge in [-0.15, -0.1) is 5.10 Å². The maximum absolute atomic E-state index is 13.7. The van der Waals surface area contributed by atoms with Gasteiger partial charge in [-0.05, 0) is 72.2 Å². The minimum Gasteiger partial charge on any atom is -0.347 e. The van der Waals surface area contributed by atoms with Gasteiger partial charge in [0, 0.05) is 11.1 Å². The van der Waals surface area contributed by atoms with Gasteiger partial charge in [-0.1, -0.05) is 13.0 Å². The number of halogens is 2. The molecule has 0 radical (unpaired) electrons. The number of hydrogen-bond acceptors (Lipinski definition) is 4. The van der Waals surface area contributed by atoms with Gasteiger partial charge in [-0.3, -0.25) is 4.79 Å². The van der Waals surface area contributed by atoms with Crippen LogP contribution in [-0.4, -0.2) is 31.7 Å². The molecule has 0 fully saturated rings. The van der Waals surface area contributed by atoms with Gasteiger partial charge >= 0.3 is 0 Å². The van der Waals surface area contributed by atoms with Crippen molar-refractivity contribution in [2.45, 2.75) is 32.7 Å². The Bertz CT molecular complexity index is 970. The number of tetrazole rings is 1. The molecule has 1 aromatic heterocycles. The number of benzene rings is 2. The molecule has 27 heavy (non-hydrogen) atoms. The van der Waals surface area contributed by atoms with Crippen molar-refractivity contribution in [2.24, 2.45) is 0 Å². The number of carbonyl (C=O) groups is 1. The van der Waals surface area contributed by atoms with E-state index in [1.165, 1.54) is 17.1 Å². The molecule has 6 nitrogen and oxygen atoms in total. The van der Waals surface area contributed by atoms with E-state index in [2.05, 4.69) is 20.8 Å². The van der Waals surface area contributed by atoms with Crippen LogP contribution in [0.3, 0.4) is 0 Å². The fourth-order valence-electron chi connectivity index (χ4n) is 2.46. The van der Waals surface area contributed by atoms with Gasteiger partial charge in [-0.25, -0.2) is 13.5 Å². The molecule has 8 heteroatoms. The lowest BCUT2D eigenvalue weighted by molar-refractivity contribution is 0.0911. The first-order valence-electron chi connectivity index (χ1n) is 8.45. The molecule has 0 atom stereocenters. The zero-order valence-electron chi connectivity index (χ0n) is 15.2. The van der Waals surface area contributed by atoms with Crippen LogP contribution < -0.4 is 5.32 Å². The molecule has 140 valence electrons. The van der Waals surface area contributed by atoms with E-state index in [1.807, 2.05) is 20.8 Å². The van der Waals surface area contributed by atoms with Crippen LogP contribution in [-0.2, 0) is 0 Å². The van der Waals surface area contributed by atoms with E-state index in [-0.39, 0.29) is 11.4 Å². The van der Waals surface area contributed by atoms with E-state index >= 15 is 0 Å². The molecule has 0 bridgehead atoms. The fraction of sp³-hybridized carbons (Fsp3) is 0.263. The lowest BCUT2D eigenvalue weighted by atomic mass is 9.99. The molecular formula is C19H19F2N5O. The van der Waals surface area contributed by atoms with Crippen LogP contribution in [0.2, 0.25) is 0 Å². The summed E-state index contributed by atoms with van der Waals surface area (Å²) >= 11 is 0. The topological polar surface area (TPSA) is 72.7 Å². The highest BCUT2D eigenvalue weighted by molar-refractivity contribution is 5.96. The molecule has 2 aromatic carbocycles. The van der Waals surface area contributed by atoms with E-state index in [9.17, 15) is 13.6 Å². The second-order valence-electron chi connectivity index (χ2n) is 6.84. The summed E-state index contributed by atoms with van der Waals surface area (Å²) < 4.78 is 28.3. The standard InChI is InChI=1S/C19H19F2N5O/c1-4-19(2,3)23-18(27)14-7-13(12-5-6-16(20)17(21)10-12)8-15(9-14)26-11-22-24-25-26/h5-11H,4H2,1-3H3,(H,23,27). The van der Waals surface area contributed by atoms with Crippen LogP contribution in [0.5, 0.6) is 0 Å². The lowest BCUT2D eigenvalue weighted by Gasteiger charge is -2.24. The zero-order chi connectivity index (χ0) is 19.6. The van der Waals surface area contributed by atoms with E-state index in [4.69, 9.17) is 0 Å². The molecule has 3 rings (SSSR count). The largest absolute Gasteiger partial charge is 0.347 e. The highest BCUT2D eigenvalue weighted by Gasteiger charge is 2.20. The number of amides is 1.